The first-order chi connectivity index (χ1) is 11.0. The predicted molar refractivity (Wildman–Crippen MR) is 84.4 cm³/mol. The molecule has 1 N–H and O–H groups in total. The third-order valence-electron chi connectivity index (χ3n) is 2.92. The maximum atomic E-state index is 12.1. The van der Waals surface area contributed by atoms with Gasteiger partial charge < -0.3 is 15.2 Å². The van der Waals surface area contributed by atoms with Crippen molar-refractivity contribution in [2.45, 2.75) is 0 Å². The van der Waals surface area contributed by atoms with Crippen LogP contribution in [0.3, 0.4) is 0 Å². The number of hydrogen-bond donors (Lipinski definition) is 1. The normalized spacial score (nSPS) is 10.7. The Morgan fingerprint density at radius 3 is 2.22 bits per heavy atom. The van der Waals surface area contributed by atoms with E-state index < -0.39 is 11.9 Å². The summed E-state index contributed by atoms with van der Waals surface area (Å²) in [6.07, 6.45) is 1.43. The number of benzene rings is 2. The summed E-state index contributed by atoms with van der Waals surface area (Å²) in [6, 6.07) is 13.9. The molecule has 0 saturated carbocycles. The summed E-state index contributed by atoms with van der Waals surface area (Å²) in [4.78, 5) is 22.7. The lowest BCUT2D eigenvalue weighted by Crippen LogP contribution is -2.22. The van der Waals surface area contributed by atoms with Gasteiger partial charge in [0.2, 0.25) is 0 Å². The number of hydrogen-bond acceptors (Lipinski definition) is 4. The van der Waals surface area contributed by atoms with Gasteiger partial charge in [-0.3, -0.25) is 4.79 Å². The summed E-state index contributed by atoms with van der Waals surface area (Å²) in [5, 5.41) is 22.8. The molecule has 5 nitrogen and oxygen atoms in total. The van der Waals surface area contributed by atoms with Gasteiger partial charge in [0.05, 0.1) is 5.97 Å². The number of halogens is 1. The highest BCUT2D eigenvalue weighted by Gasteiger charge is 2.09. The summed E-state index contributed by atoms with van der Waals surface area (Å²) < 4.78 is 0. The summed E-state index contributed by atoms with van der Waals surface area (Å²) in [5.74, 6) is -1.90. The zero-order valence-electron chi connectivity index (χ0n) is 11.7. The molecule has 0 aromatic heterocycles. The number of nitrogens with one attached hydrogen (secondary N) is 1. The Kier molecular flexibility index (Phi) is 5.13. The quantitative estimate of drug-likeness (QED) is 0.689. The fourth-order valence-corrected chi connectivity index (χ4v) is 1.89. The Labute approximate surface area is 137 Å². The van der Waals surface area contributed by atoms with Gasteiger partial charge in [0, 0.05) is 10.7 Å². The van der Waals surface area contributed by atoms with E-state index in [1.165, 1.54) is 30.3 Å². The average molecular weight is 326 g/mol. The third kappa shape index (κ3) is 4.43. The van der Waals surface area contributed by atoms with E-state index in [0.717, 1.165) is 0 Å². The molecular formula is C17H10ClN2O3-. The second kappa shape index (κ2) is 7.25. The molecule has 0 spiro atoms. The van der Waals surface area contributed by atoms with Crippen molar-refractivity contribution in [2.75, 3.05) is 5.32 Å². The minimum atomic E-state index is -1.30. The minimum absolute atomic E-state index is 0.000196. The van der Waals surface area contributed by atoms with Crippen LogP contribution in [-0.2, 0) is 4.79 Å². The number of carboxylic acid groups (broad SMARTS) is 1. The largest absolute Gasteiger partial charge is 0.545 e. The number of carbonyl (C=O) groups excluding carboxylic acids is 2. The summed E-state index contributed by atoms with van der Waals surface area (Å²) in [5.41, 5.74) is 0.946. The van der Waals surface area contributed by atoms with Gasteiger partial charge in [-0.05, 0) is 41.5 Å². The van der Waals surface area contributed by atoms with Gasteiger partial charge in [-0.2, -0.15) is 5.26 Å². The number of carboxylic acids is 1. The van der Waals surface area contributed by atoms with Crippen molar-refractivity contribution in [3.8, 4) is 6.07 Å². The van der Waals surface area contributed by atoms with Crippen LogP contribution in [0.4, 0.5) is 5.69 Å². The Morgan fingerprint density at radius 2 is 1.70 bits per heavy atom. The molecule has 0 aliphatic rings. The maximum Gasteiger partial charge on any atom is 0.266 e. The molecule has 0 fully saturated rings. The molecule has 0 heterocycles. The van der Waals surface area contributed by atoms with Gasteiger partial charge in [0.15, 0.2) is 0 Å². The minimum Gasteiger partial charge on any atom is -0.545 e. The number of anilines is 1. The molecular weight excluding hydrogens is 316 g/mol. The van der Waals surface area contributed by atoms with E-state index >= 15 is 0 Å². The zero-order valence-corrected chi connectivity index (χ0v) is 12.5. The molecule has 0 saturated heterocycles. The lowest BCUT2D eigenvalue weighted by Gasteiger charge is -2.06. The van der Waals surface area contributed by atoms with Crippen LogP contribution in [0, 0.1) is 11.3 Å². The predicted octanol–water partition coefficient (Wildman–Crippen LogP) is 2.25. The van der Waals surface area contributed by atoms with Crippen molar-refractivity contribution in [1.29, 1.82) is 5.26 Å². The fraction of sp³-hybridized carbons (Fsp3) is 0. The Morgan fingerprint density at radius 1 is 1.09 bits per heavy atom. The Balaban J connectivity index is 2.15. The second-order valence-corrected chi connectivity index (χ2v) is 4.98. The van der Waals surface area contributed by atoms with Crippen LogP contribution in [0.5, 0.6) is 0 Å². The van der Waals surface area contributed by atoms with Crippen molar-refractivity contribution in [3.63, 3.8) is 0 Å². The van der Waals surface area contributed by atoms with Crippen LogP contribution in [0.2, 0.25) is 5.02 Å². The van der Waals surface area contributed by atoms with E-state index in [4.69, 9.17) is 16.9 Å². The van der Waals surface area contributed by atoms with Crippen LogP contribution in [0.25, 0.3) is 6.08 Å². The molecule has 2 aromatic carbocycles. The molecule has 23 heavy (non-hydrogen) atoms. The van der Waals surface area contributed by atoms with E-state index in [-0.39, 0.29) is 11.1 Å². The lowest BCUT2D eigenvalue weighted by molar-refractivity contribution is -0.255. The lowest BCUT2D eigenvalue weighted by atomic mass is 10.1. The summed E-state index contributed by atoms with van der Waals surface area (Å²) in [6.45, 7) is 0. The highest BCUT2D eigenvalue weighted by Crippen LogP contribution is 2.14. The Hall–Kier alpha value is -3.10. The molecule has 0 bridgehead atoms. The smallest absolute Gasteiger partial charge is 0.266 e. The monoisotopic (exact) mass is 325 g/mol. The molecule has 114 valence electrons. The number of amides is 1. The molecule has 0 unspecified atom stereocenters. The first-order valence-corrected chi connectivity index (χ1v) is 6.87. The molecule has 1 amide bonds. The van der Waals surface area contributed by atoms with E-state index in [2.05, 4.69) is 5.32 Å². The third-order valence-corrected chi connectivity index (χ3v) is 3.18. The standard InChI is InChI=1S/C17H11ClN2O3/c18-14-5-1-11(2-6-14)9-13(10-19)16(21)20-15-7-3-12(4-8-15)17(22)23/h1-9H,(H,20,21)(H,22,23)/p-1/b13-9+. The van der Waals surface area contributed by atoms with Crippen LogP contribution >= 0.6 is 11.6 Å². The van der Waals surface area contributed by atoms with Crippen LogP contribution in [0.1, 0.15) is 15.9 Å². The van der Waals surface area contributed by atoms with Crippen molar-refractivity contribution in [1.82, 2.24) is 0 Å². The van der Waals surface area contributed by atoms with Gasteiger partial charge in [0.1, 0.15) is 11.6 Å². The highest BCUT2D eigenvalue weighted by molar-refractivity contribution is 6.30. The van der Waals surface area contributed by atoms with Crippen LogP contribution in [-0.4, -0.2) is 11.9 Å². The number of rotatable bonds is 4. The number of nitriles is 1. The fourth-order valence-electron chi connectivity index (χ4n) is 1.76. The van der Waals surface area contributed by atoms with Crippen molar-refractivity contribution in [2.24, 2.45) is 0 Å². The van der Waals surface area contributed by atoms with E-state index in [9.17, 15) is 14.7 Å². The SMILES string of the molecule is N#C/C(=C\c1ccc(Cl)cc1)C(=O)Nc1ccc(C(=O)[O-])cc1. The number of aromatic carboxylic acids is 1. The van der Waals surface area contributed by atoms with Crippen LogP contribution < -0.4 is 10.4 Å². The van der Waals surface area contributed by atoms with Crippen molar-refractivity contribution >= 4 is 35.2 Å². The molecule has 2 aromatic rings. The zero-order chi connectivity index (χ0) is 16.8. The average Bonchev–Trinajstić information content (AvgIpc) is 2.54. The highest BCUT2D eigenvalue weighted by atomic mass is 35.5. The molecule has 0 aliphatic carbocycles. The van der Waals surface area contributed by atoms with Gasteiger partial charge in [-0.15, -0.1) is 0 Å². The van der Waals surface area contributed by atoms with Gasteiger partial charge >= 0.3 is 0 Å². The van der Waals surface area contributed by atoms with Gasteiger partial charge in [0.25, 0.3) is 5.91 Å². The van der Waals surface area contributed by atoms with E-state index in [1.54, 1.807) is 24.3 Å². The van der Waals surface area contributed by atoms with E-state index in [0.29, 0.717) is 16.3 Å². The van der Waals surface area contributed by atoms with Gasteiger partial charge in [-0.25, -0.2) is 0 Å². The first-order valence-electron chi connectivity index (χ1n) is 6.50. The number of nitrogens with zero attached hydrogens (tertiary/aromatic N) is 1. The van der Waals surface area contributed by atoms with Crippen molar-refractivity contribution < 1.29 is 14.7 Å². The molecule has 6 heteroatoms. The maximum absolute atomic E-state index is 12.1. The summed E-state index contributed by atoms with van der Waals surface area (Å²) >= 11 is 5.78. The van der Waals surface area contributed by atoms with Crippen LogP contribution in [0.15, 0.2) is 54.1 Å². The Bertz CT molecular complexity index is 803. The van der Waals surface area contributed by atoms with Gasteiger partial charge in [-0.1, -0.05) is 35.9 Å². The molecule has 2 rings (SSSR count). The topological polar surface area (TPSA) is 93.0 Å². The summed E-state index contributed by atoms with van der Waals surface area (Å²) in [7, 11) is 0. The van der Waals surface area contributed by atoms with E-state index in [1.807, 2.05) is 6.07 Å². The van der Waals surface area contributed by atoms with Crippen molar-refractivity contribution in [3.05, 3.63) is 70.3 Å². The number of carbonyl (C=O) groups is 2. The second-order valence-electron chi connectivity index (χ2n) is 4.54. The molecule has 0 radical (unpaired) electrons. The molecule has 0 atom stereocenters. The first kappa shape index (κ1) is 16.3. The molecule has 0 aliphatic heterocycles.